The summed E-state index contributed by atoms with van der Waals surface area (Å²) in [4.78, 5) is 15.6. The van der Waals surface area contributed by atoms with Crippen molar-refractivity contribution in [3.8, 4) is 11.5 Å². The Hall–Kier alpha value is -0.990. The number of thioether (sulfide) groups is 1. The second-order valence-corrected chi connectivity index (χ2v) is 6.44. The molecule has 20 heavy (non-hydrogen) atoms. The number of hydrogen-bond donors (Lipinski definition) is 2. The number of rotatable bonds is 3. The van der Waals surface area contributed by atoms with E-state index in [2.05, 4.69) is 36.9 Å². The normalized spacial score (nSPS) is 16.6. The van der Waals surface area contributed by atoms with E-state index in [0.29, 0.717) is 31.8 Å². The van der Waals surface area contributed by atoms with E-state index in [-0.39, 0.29) is 10.9 Å². The van der Waals surface area contributed by atoms with Crippen molar-refractivity contribution in [1.29, 1.82) is 0 Å². The van der Waals surface area contributed by atoms with Crippen LogP contribution < -0.4 is 10.5 Å². The highest BCUT2D eigenvalue weighted by atomic mass is 79.9. The highest BCUT2D eigenvalue weighted by molar-refractivity contribution is 9.13. The molecule has 0 bridgehead atoms. The van der Waals surface area contributed by atoms with Gasteiger partial charge in [-0.15, -0.1) is 0 Å². The topological polar surface area (TPSA) is 84.9 Å². The molecule has 1 aromatic rings. The maximum Gasteiger partial charge on any atom is 0.286 e. The standard InChI is InChI=1S/C12H10Br2N2O3S/c1-2-19-7-4-6(13)9(14)5(10(7)17)3-8-11(18)16-12(15)20-8/h3-4,17H,2H2,1H3,(H2,15,16,18)/b8-3-. The average Bonchev–Trinajstić information content (AvgIpc) is 2.70. The number of carbonyl (C=O) groups excluding carboxylic acids is 1. The minimum absolute atomic E-state index is 0.0479. The van der Waals surface area contributed by atoms with E-state index >= 15 is 0 Å². The molecule has 5 nitrogen and oxygen atoms in total. The molecule has 0 fully saturated rings. The first kappa shape index (κ1) is 15.4. The van der Waals surface area contributed by atoms with Gasteiger partial charge >= 0.3 is 0 Å². The Morgan fingerprint density at radius 2 is 2.25 bits per heavy atom. The molecule has 3 N–H and O–H groups in total. The number of benzene rings is 1. The number of hydrogen-bond acceptors (Lipinski definition) is 5. The Morgan fingerprint density at radius 1 is 1.55 bits per heavy atom. The molecule has 0 saturated carbocycles. The van der Waals surface area contributed by atoms with Crippen molar-refractivity contribution < 1.29 is 14.6 Å². The summed E-state index contributed by atoms with van der Waals surface area (Å²) < 4.78 is 6.67. The summed E-state index contributed by atoms with van der Waals surface area (Å²) in [5.74, 6) is -0.135. The maximum absolute atomic E-state index is 11.6. The monoisotopic (exact) mass is 420 g/mol. The molecule has 1 aromatic carbocycles. The second kappa shape index (κ2) is 6.19. The van der Waals surface area contributed by atoms with Crippen LogP contribution in [0.3, 0.4) is 0 Å². The number of ether oxygens (including phenoxy) is 1. The number of halogens is 2. The van der Waals surface area contributed by atoms with E-state index < -0.39 is 5.91 Å². The summed E-state index contributed by atoms with van der Waals surface area (Å²) in [6, 6.07) is 1.65. The van der Waals surface area contributed by atoms with Crippen molar-refractivity contribution in [2.45, 2.75) is 6.92 Å². The van der Waals surface area contributed by atoms with Gasteiger partial charge in [-0.2, -0.15) is 4.99 Å². The third-order valence-electron chi connectivity index (χ3n) is 2.40. The number of phenolic OH excluding ortho intramolecular Hbond substituents is 1. The molecule has 106 valence electrons. The van der Waals surface area contributed by atoms with Crippen molar-refractivity contribution in [1.82, 2.24) is 0 Å². The third kappa shape index (κ3) is 3.02. The van der Waals surface area contributed by atoms with E-state index in [1.165, 1.54) is 6.08 Å². The zero-order valence-corrected chi connectivity index (χ0v) is 14.3. The predicted octanol–water partition coefficient (Wildman–Crippen LogP) is 3.24. The Kier molecular flexibility index (Phi) is 4.77. The van der Waals surface area contributed by atoms with Gasteiger partial charge in [0.15, 0.2) is 16.7 Å². The number of phenols is 1. The van der Waals surface area contributed by atoms with Crippen LogP contribution in [0.5, 0.6) is 11.5 Å². The van der Waals surface area contributed by atoms with Crippen LogP contribution in [0, 0.1) is 0 Å². The highest BCUT2D eigenvalue weighted by Gasteiger charge is 2.22. The highest BCUT2D eigenvalue weighted by Crippen LogP contribution is 2.43. The molecule has 1 aliphatic rings. The summed E-state index contributed by atoms with van der Waals surface area (Å²) in [5.41, 5.74) is 5.93. The summed E-state index contributed by atoms with van der Waals surface area (Å²) in [5, 5.41) is 10.4. The van der Waals surface area contributed by atoms with E-state index in [0.717, 1.165) is 11.8 Å². The van der Waals surface area contributed by atoms with Gasteiger partial charge in [-0.25, -0.2) is 0 Å². The second-order valence-electron chi connectivity index (χ2n) is 3.73. The zero-order valence-electron chi connectivity index (χ0n) is 10.3. The Balaban J connectivity index is 2.51. The summed E-state index contributed by atoms with van der Waals surface area (Å²) >= 11 is 7.79. The number of aliphatic imine (C=N–C) groups is 1. The lowest BCUT2D eigenvalue weighted by Gasteiger charge is -2.12. The van der Waals surface area contributed by atoms with E-state index in [9.17, 15) is 9.90 Å². The van der Waals surface area contributed by atoms with E-state index in [1.54, 1.807) is 6.07 Å². The molecule has 0 saturated heterocycles. The fraction of sp³-hybridized carbons (Fsp3) is 0.167. The summed E-state index contributed by atoms with van der Waals surface area (Å²) in [7, 11) is 0. The predicted molar refractivity (Wildman–Crippen MR) is 86.9 cm³/mol. The van der Waals surface area contributed by atoms with Crippen molar-refractivity contribution in [2.75, 3.05) is 6.61 Å². The minimum Gasteiger partial charge on any atom is -0.504 e. The molecule has 0 atom stereocenters. The third-order valence-corrected chi connectivity index (χ3v) is 5.23. The van der Waals surface area contributed by atoms with Crippen molar-refractivity contribution in [3.63, 3.8) is 0 Å². The first-order valence-electron chi connectivity index (χ1n) is 5.55. The van der Waals surface area contributed by atoms with Crippen molar-refractivity contribution in [3.05, 3.63) is 25.5 Å². The molecule has 0 unspecified atom stereocenters. The summed E-state index contributed by atoms with van der Waals surface area (Å²) in [6.45, 7) is 2.24. The van der Waals surface area contributed by atoms with Crippen LogP contribution in [0.4, 0.5) is 0 Å². The number of nitrogens with two attached hydrogens (primary N) is 1. The smallest absolute Gasteiger partial charge is 0.286 e. The fourth-order valence-corrected chi connectivity index (χ4v) is 3.07. The van der Waals surface area contributed by atoms with Gasteiger partial charge in [0.05, 0.1) is 11.5 Å². The number of carbonyl (C=O) groups is 1. The Labute approximate surface area is 136 Å². The van der Waals surface area contributed by atoms with Crippen LogP contribution in [0.2, 0.25) is 0 Å². The van der Waals surface area contributed by atoms with Gasteiger partial charge < -0.3 is 15.6 Å². The van der Waals surface area contributed by atoms with Gasteiger partial charge in [0.1, 0.15) is 0 Å². The van der Waals surface area contributed by atoms with Crippen molar-refractivity contribution in [2.24, 2.45) is 10.7 Å². The molecule has 1 aliphatic heterocycles. The zero-order chi connectivity index (χ0) is 14.9. The lowest BCUT2D eigenvalue weighted by molar-refractivity contribution is -0.113. The first-order valence-corrected chi connectivity index (χ1v) is 7.96. The lowest BCUT2D eigenvalue weighted by Crippen LogP contribution is -2.01. The van der Waals surface area contributed by atoms with Gasteiger partial charge in [-0.3, -0.25) is 4.79 Å². The Bertz CT molecular complexity index is 644. The largest absolute Gasteiger partial charge is 0.504 e. The minimum atomic E-state index is -0.420. The molecule has 0 radical (unpaired) electrons. The van der Waals surface area contributed by atoms with Crippen LogP contribution in [-0.4, -0.2) is 22.8 Å². The number of nitrogens with zero attached hydrogens (tertiary/aromatic N) is 1. The van der Waals surface area contributed by atoms with E-state index in [4.69, 9.17) is 10.5 Å². The van der Waals surface area contributed by atoms with Crippen LogP contribution in [0.25, 0.3) is 6.08 Å². The SMILES string of the molecule is CCOc1cc(Br)c(Br)c(/C=C2\SC(N)=NC2=O)c1O. The molecule has 1 heterocycles. The van der Waals surface area contributed by atoms with Crippen LogP contribution in [-0.2, 0) is 4.79 Å². The van der Waals surface area contributed by atoms with Crippen molar-refractivity contribution >= 4 is 60.8 Å². The van der Waals surface area contributed by atoms with Crippen LogP contribution in [0.1, 0.15) is 12.5 Å². The van der Waals surface area contributed by atoms with Gasteiger partial charge in [-0.05, 0) is 62.7 Å². The number of amidine groups is 1. The summed E-state index contributed by atoms with van der Waals surface area (Å²) in [6.07, 6.45) is 1.53. The quantitative estimate of drug-likeness (QED) is 0.731. The molecule has 1 amide bonds. The molecule has 2 rings (SSSR count). The lowest BCUT2D eigenvalue weighted by atomic mass is 10.1. The average molecular weight is 422 g/mol. The molecular formula is C12H10Br2N2O3S. The van der Waals surface area contributed by atoms with Gasteiger partial charge in [-0.1, -0.05) is 0 Å². The maximum atomic E-state index is 11.6. The fourth-order valence-electron chi connectivity index (χ4n) is 1.57. The molecule has 0 aromatic heterocycles. The number of amides is 1. The van der Waals surface area contributed by atoms with Crippen LogP contribution >= 0.6 is 43.6 Å². The molecular weight excluding hydrogens is 412 g/mol. The van der Waals surface area contributed by atoms with Gasteiger partial charge in [0, 0.05) is 14.5 Å². The molecule has 0 aliphatic carbocycles. The molecule has 0 spiro atoms. The van der Waals surface area contributed by atoms with Gasteiger partial charge in [0.2, 0.25) is 0 Å². The van der Waals surface area contributed by atoms with E-state index in [1.807, 2.05) is 6.92 Å². The molecule has 8 heteroatoms. The number of aromatic hydroxyl groups is 1. The van der Waals surface area contributed by atoms with Crippen LogP contribution in [0.15, 0.2) is 24.9 Å². The first-order chi connectivity index (χ1) is 9.43. The van der Waals surface area contributed by atoms with Gasteiger partial charge in [0.25, 0.3) is 5.91 Å². The Morgan fingerprint density at radius 3 is 2.80 bits per heavy atom.